The molecule has 5 amide bonds. The zero-order valence-corrected chi connectivity index (χ0v) is 27.2. The number of hydrogen-bond acceptors (Lipinski definition) is 5. The summed E-state index contributed by atoms with van der Waals surface area (Å²) in [4.78, 5) is 68.7. The molecule has 7 aliphatic carbocycles. The molecule has 0 radical (unpaired) electrons. The molecule has 10 heteroatoms. The first-order chi connectivity index (χ1) is 21.4. The maximum absolute atomic E-state index is 14.6. The lowest BCUT2D eigenvalue weighted by atomic mass is 9.53. The van der Waals surface area contributed by atoms with Gasteiger partial charge in [-0.3, -0.25) is 19.2 Å². The van der Waals surface area contributed by atoms with Crippen molar-refractivity contribution in [2.75, 3.05) is 6.54 Å². The Hall–Kier alpha value is -2.65. The van der Waals surface area contributed by atoms with E-state index >= 15 is 0 Å². The number of carbonyl (C=O) groups is 5. The summed E-state index contributed by atoms with van der Waals surface area (Å²) in [5.74, 6) is 0.105. The minimum Gasteiger partial charge on any atom is -0.363 e. The first-order valence-corrected chi connectivity index (χ1v) is 18.0. The molecule has 0 aromatic rings. The quantitative estimate of drug-likeness (QED) is 0.275. The van der Waals surface area contributed by atoms with Crippen LogP contribution in [0.25, 0.3) is 0 Å². The molecule has 1 heterocycles. The fourth-order valence-corrected chi connectivity index (χ4v) is 11.2. The van der Waals surface area contributed by atoms with Crippen molar-refractivity contribution in [2.45, 2.75) is 134 Å². The largest absolute Gasteiger partial charge is 0.363 e. The van der Waals surface area contributed by atoms with Gasteiger partial charge in [-0.15, -0.1) is 0 Å². The minimum absolute atomic E-state index is 0.0183. The van der Waals surface area contributed by atoms with Crippen molar-refractivity contribution in [3.8, 4) is 0 Å². The Bertz CT molecular complexity index is 1200. The second-order valence-corrected chi connectivity index (χ2v) is 16.9. The van der Waals surface area contributed by atoms with Gasteiger partial charge in [-0.05, 0) is 105 Å². The highest BCUT2D eigenvalue weighted by molar-refractivity contribution is 6.37. The number of nitrogens with zero attached hydrogens (tertiary/aromatic N) is 1. The summed E-state index contributed by atoms with van der Waals surface area (Å²) in [5, 5.41) is 9.46. The predicted octanol–water partition coefficient (Wildman–Crippen LogP) is 3.42. The van der Waals surface area contributed by atoms with E-state index < -0.39 is 29.8 Å². The molecule has 10 nitrogen and oxygen atoms in total. The van der Waals surface area contributed by atoms with E-state index in [1.807, 2.05) is 0 Å². The number of Topliss-reactive ketones (excluding diaryl/α,β-unsaturated/α-hetero) is 1. The monoisotopic (exact) mass is 623 g/mol. The van der Waals surface area contributed by atoms with Crippen LogP contribution in [0.4, 0.5) is 4.79 Å². The van der Waals surface area contributed by atoms with Crippen molar-refractivity contribution >= 4 is 29.5 Å². The number of primary amides is 1. The standard InChI is InChI=1S/C35H53N5O5/c1-34(2)24-18-40(28(26(24)34)31(43)37-25(29(41)30(36)42)14-19-7-6-8-19)32(44)27(23-9-4-3-5-10-23)38-33(45)39-35-15-20-11-21(16-35)13-22(12-20)17-35/h19-28H,3-18H2,1-2H3,(H2,36,42)(H,37,43)(H2,38,39,45)/t20?,21?,22?,24?,25?,26?,27?,28-,35?/m0/s1. The van der Waals surface area contributed by atoms with Crippen molar-refractivity contribution < 1.29 is 24.0 Å². The number of nitrogens with one attached hydrogen (secondary N) is 3. The summed E-state index contributed by atoms with van der Waals surface area (Å²) in [6, 6.07) is -2.68. The Balaban J connectivity index is 1.09. The molecule has 1 saturated heterocycles. The molecular weight excluding hydrogens is 570 g/mol. The van der Waals surface area contributed by atoms with Crippen molar-refractivity contribution in [3.63, 3.8) is 0 Å². The van der Waals surface area contributed by atoms with E-state index in [0.29, 0.717) is 30.7 Å². The van der Waals surface area contributed by atoms with E-state index in [1.165, 1.54) is 19.3 Å². The number of hydrogen-bond donors (Lipinski definition) is 4. The number of amides is 5. The molecule has 8 aliphatic rings. The molecule has 0 spiro atoms. The minimum atomic E-state index is -1.05. The van der Waals surface area contributed by atoms with Crippen molar-refractivity contribution in [1.82, 2.24) is 20.9 Å². The molecule has 4 unspecified atom stereocenters. The van der Waals surface area contributed by atoms with Crippen LogP contribution in [0.2, 0.25) is 0 Å². The fourth-order valence-electron chi connectivity index (χ4n) is 11.2. The zero-order valence-electron chi connectivity index (χ0n) is 27.2. The number of ketones is 1. The van der Waals surface area contributed by atoms with Crippen LogP contribution in [-0.4, -0.2) is 64.6 Å². The number of fused-ring (bicyclic) bond motifs is 1. The number of carbonyl (C=O) groups excluding carboxylic acids is 5. The van der Waals surface area contributed by atoms with Crippen molar-refractivity contribution in [3.05, 3.63) is 0 Å². The van der Waals surface area contributed by atoms with Gasteiger partial charge in [-0.1, -0.05) is 52.4 Å². The summed E-state index contributed by atoms with van der Waals surface area (Å²) < 4.78 is 0. The van der Waals surface area contributed by atoms with Crippen LogP contribution in [-0.2, 0) is 19.2 Å². The summed E-state index contributed by atoms with van der Waals surface area (Å²) in [6.45, 7) is 4.70. The van der Waals surface area contributed by atoms with Crippen LogP contribution >= 0.6 is 0 Å². The third kappa shape index (κ3) is 5.77. The van der Waals surface area contributed by atoms with Gasteiger partial charge in [0.2, 0.25) is 17.6 Å². The molecule has 4 bridgehead atoms. The van der Waals surface area contributed by atoms with Gasteiger partial charge in [0.15, 0.2) is 0 Å². The Morgan fingerprint density at radius 1 is 0.844 bits per heavy atom. The van der Waals surface area contributed by atoms with Gasteiger partial charge in [-0.2, -0.15) is 0 Å². The number of rotatable bonds is 10. The van der Waals surface area contributed by atoms with Gasteiger partial charge >= 0.3 is 6.03 Å². The number of urea groups is 1. The van der Waals surface area contributed by atoms with Crippen LogP contribution in [0, 0.1) is 46.8 Å². The Labute approximate surface area is 267 Å². The van der Waals surface area contributed by atoms with E-state index in [0.717, 1.165) is 70.6 Å². The molecule has 0 aromatic carbocycles. The molecule has 8 fully saturated rings. The maximum Gasteiger partial charge on any atom is 0.315 e. The summed E-state index contributed by atoms with van der Waals surface area (Å²) >= 11 is 0. The van der Waals surface area contributed by atoms with Gasteiger partial charge < -0.3 is 26.6 Å². The van der Waals surface area contributed by atoms with Crippen LogP contribution < -0.4 is 21.7 Å². The van der Waals surface area contributed by atoms with Crippen LogP contribution in [0.1, 0.15) is 110 Å². The van der Waals surface area contributed by atoms with Gasteiger partial charge in [0.05, 0.1) is 6.04 Å². The third-order valence-electron chi connectivity index (χ3n) is 13.5. The Kier molecular flexibility index (Phi) is 7.95. The molecule has 248 valence electrons. The number of piperidine rings is 1. The molecule has 5 N–H and O–H groups in total. The van der Waals surface area contributed by atoms with Crippen molar-refractivity contribution in [2.24, 2.45) is 52.6 Å². The first-order valence-electron chi connectivity index (χ1n) is 18.0. The van der Waals surface area contributed by atoms with E-state index in [9.17, 15) is 24.0 Å². The van der Waals surface area contributed by atoms with E-state index in [4.69, 9.17) is 5.73 Å². The van der Waals surface area contributed by atoms with E-state index in [1.54, 1.807) is 4.90 Å². The lowest BCUT2D eigenvalue weighted by Crippen LogP contribution is -2.64. The highest BCUT2D eigenvalue weighted by Crippen LogP contribution is 2.65. The smallest absolute Gasteiger partial charge is 0.315 e. The summed E-state index contributed by atoms with van der Waals surface area (Å²) in [6.07, 6.45) is 15.3. The first kappa shape index (κ1) is 31.0. The zero-order chi connectivity index (χ0) is 31.7. The van der Waals surface area contributed by atoms with Gasteiger partial charge in [0.25, 0.3) is 5.91 Å². The normalized spacial score (nSPS) is 37.6. The molecule has 1 aliphatic heterocycles. The molecule has 45 heavy (non-hydrogen) atoms. The fraction of sp³-hybridized carbons (Fsp3) is 0.857. The highest BCUT2D eigenvalue weighted by Gasteiger charge is 2.70. The molecule has 5 atom stereocenters. The summed E-state index contributed by atoms with van der Waals surface area (Å²) in [7, 11) is 0. The maximum atomic E-state index is 14.6. The second kappa shape index (κ2) is 11.5. The average Bonchev–Trinajstić information content (AvgIpc) is 3.27. The van der Waals surface area contributed by atoms with Gasteiger partial charge in [0.1, 0.15) is 12.1 Å². The Morgan fingerprint density at radius 2 is 1.47 bits per heavy atom. The lowest BCUT2D eigenvalue weighted by Gasteiger charge is -2.56. The SMILES string of the molecule is CC1(C)C2CN(C(=O)C(NC(=O)NC34CC5CC(CC(C5)C3)C4)C3CCCCC3)[C@H](C(=O)NC(CC3CCC3)C(=O)C(N)=O)C21. The number of likely N-dealkylation sites (tertiary alicyclic amines) is 1. The van der Waals surface area contributed by atoms with Gasteiger partial charge in [0, 0.05) is 12.1 Å². The highest BCUT2D eigenvalue weighted by atomic mass is 16.2. The van der Waals surface area contributed by atoms with E-state index in [-0.39, 0.29) is 52.5 Å². The van der Waals surface area contributed by atoms with E-state index in [2.05, 4.69) is 29.8 Å². The summed E-state index contributed by atoms with van der Waals surface area (Å²) in [5.41, 5.74) is 5.11. The Morgan fingerprint density at radius 3 is 2.02 bits per heavy atom. The second-order valence-electron chi connectivity index (χ2n) is 16.9. The molecule has 8 rings (SSSR count). The van der Waals surface area contributed by atoms with Gasteiger partial charge in [-0.25, -0.2) is 4.79 Å². The molecule has 0 aromatic heterocycles. The van der Waals surface area contributed by atoms with Crippen LogP contribution in [0.15, 0.2) is 0 Å². The van der Waals surface area contributed by atoms with Crippen molar-refractivity contribution in [1.29, 1.82) is 0 Å². The topological polar surface area (TPSA) is 151 Å². The molecular formula is C35H53N5O5. The van der Waals surface area contributed by atoms with Crippen LogP contribution in [0.5, 0.6) is 0 Å². The molecule has 7 saturated carbocycles. The predicted molar refractivity (Wildman–Crippen MR) is 167 cm³/mol. The van der Waals surface area contributed by atoms with Crippen LogP contribution in [0.3, 0.4) is 0 Å². The number of nitrogens with two attached hydrogens (primary N) is 1. The average molecular weight is 624 g/mol. The third-order valence-corrected chi connectivity index (χ3v) is 13.5. The lowest BCUT2D eigenvalue weighted by molar-refractivity contribution is -0.144.